The number of fused-ring (bicyclic) bond motifs is 3. The van der Waals surface area contributed by atoms with Crippen LogP contribution in [0.25, 0.3) is 27.7 Å². The fraction of sp³-hybridized carbons (Fsp3) is 0.211. The summed E-state index contributed by atoms with van der Waals surface area (Å²) < 4.78 is 8.41. The number of nitrogens with zero attached hydrogens (tertiary/aromatic N) is 4. The summed E-state index contributed by atoms with van der Waals surface area (Å²) in [5.74, 6) is 0. The number of hydrogen-bond donors (Lipinski definition) is 0. The Hall–Kier alpha value is -2.70. The Kier molecular flexibility index (Phi) is 4.22. The molecule has 0 radical (unpaired) electrons. The van der Waals surface area contributed by atoms with Gasteiger partial charge in [-0.05, 0) is 30.7 Å². The molecule has 0 bridgehead atoms. The van der Waals surface area contributed by atoms with E-state index in [9.17, 15) is 4.79 Å². The lowest BCUT2D eigenvalue weighted by molar-refractivity contribution is 0.186. The summed E-state index contributed by atoms with van der Waals surface area (Å²) in [6.45, 7) is 2.91. The number of methoxy groups -OCH3 is 1. The summed E-state index contributed by atoms with van der Waals surface area (Å²) in [5.41, 5.74) is 4.11. The van der Waals surface area contributed by atoms with Crippen LogP contribution in [0.3, 0.4) is 0 Å². The van der Waals surface area contributed by atoms with E-state index in [1.807, 2.05) is 37.3 Å². The van der Waals surface area contributed by atoms with Crippen LogP contribution >= 0.6 is 11.6 Å². The van der Waals surface area contributed by atoms with Gasteiger partial charge in [0, 0.05) is 36.6 Å². The van der Waals surface area contributed by atoms with Crippen LogP contribution in [0.4, 0.5) is 0 Å². The van der Waals surface area contributed by atoms with Crippen LogP contribution < -0.4 is 5.56 Å². The van der Waals surface area contributed by atoms with Crippen molar-refractivity contribution in [1.29, 1.82) is 0 Å². The summed E-state index contributed by atoms with van der Waals surface area (Å²) in [6.07, 6.45) is 3.39. The fourth-order valence-electron chi connectivity index (χ4n) is 3.14. The number of hydrogen-bond acceptors (Lipinski definition) is 4. The largest absolute Gasteiger partial charge is 0.383 e. The molecule has 3 aromatic heterocycles. The quantitative estimate of drug-likeness (QED) is 0.554. The average molecular weight is 369 g/mol. The zero-order valence-electron chi connectivity index (χ0n) is 14.4. The lowest BCUT2D eigenvalue weighted by Crippen LogP contribution is -2.22. The second kappa shape index (κ2) is 6.55. The van der Waals surface area contributed by atoms with Gasteiger partial charge in [0.15, 0.2) is 5.65 Å². The van der Waals surface area contributed by atoms with Gasteiger partial charge >= 0.3 is 0 Å². The van der Waals surface area contributed by atoms with E-state index in [4.69, 9.17) is 16.3 Å². The van der Waals surface area contributed by atoms with E-state index in [2.05, 4.69) is 10.1 Å². The molecule has 0 spiro atoms. The van der Waals surface area contributed by atoms with Crippen LogP contribution in [-0.2, 0) is 11.3 Å². The first kappa shape index (κ1) is 16.8. The van der Waals surface area contributed by atoms with Gasteiger partial charge in [0.25, 0.3) is 5.56 Å². The lowest BCUT2D eigenvalue weighted by atomic mass is 10.1. The van der Waals surface area contributed by atoms with Gasteiger partial charge in [-0.2, -0.15) is 5.10 Å². The molecule has 0 atom stereocenters. The standard InChI is InChI=1S/C19H17ClN4O2/c1-12-17(13-3-5-14(20)6-4-13)18-21-11-15-16(24(18)22-12)7-8-23(19(15)25)9-10-26-2/h3-8,11H,9-10H2,1-2H3. The van der Waals surface area contributed by atoms with Crippen molar-refractivity contribution in [3.8, 4) is 11.1 Å². The number of pyridine rings is 1. The molecule has 0 aliphatic carbocycles. The van der Waals surface area contributed by atoms with Crippen molar-refractivity contribution < 1.29 is 4.74 Å². The van der Waals surface area contributed by atoms with E-state index in [1.54, 1.807) is 28.6 Å². The molecule has 0 saturated carbocycles. The smallest absolute Gasteiger partial charge is 0.261 e. The first-order valence-electron chi connectivity index (χ1n) is 8.22. The third-order valence-electron chi connectivity index (χ3n) is 4.43. The zero-order chi connectivity index (χ0) is 18.3. The molecule has 4 rings (SSSR count). The molecular weight excluding hydrogens is 352 g/mol. The molecular formula is C19H17ClN4O2. The summed E-state index contributed by atoms with van der Waals surface area (Å²) in [5, 5.41) is 5.83. The molecule has 3 heterocycles. The molecule has 0 aliphatic heterocycles. The maximum absolute atomic E-state index is 12.7. The molecule has 1 aromatic carbocycles. The summed E-state index contributed by atoms with van der Waals surface area (Å²) >= 11 is 6.00. The number of aromatic nitrogens is 4. The van der Waals surface area contributed by atoms with Crippen LogP contribution in [0.5, 0.6) is 0 Å². The maximum atomic E-state index is 12.7. The Morgan fingerprint density at radius 3 is 2.69 bits per heavy atom. The zero-order valence-corrected chi connectivity index (χ0v) is 15.2. The summed E-state index contributed by atoms with van der Waals surface area (Å²) in [6, 6.07) is 9.46. The van der Waals surface area contributed by atoms with Crippen LogP contribution in [0, 0.1) is 6.92 Å². The normalized spacial score (nSPS) is 11.5. The number of ether oxygens (including phenoxy) is 1. The number of halogens is 1. The van der Waals surface area contributed by atoms with E-state index in [0.717, 1.165) is 22.3 Å². The molecule has 132 valence electrons. The van der Waals surface area contributed by atoms with Crippen molar-refractivity contribution in [2.24, 2.45) is 0 Å². The fourth-order valence-corrected chi connectivity index (χ4v) is 3.26. The van der Waals surface area contributed by atoms with Gasteiger partial charge in [-0.25, -0.2) is 9.50 Å². The van der Waals surface area contributed by atoms with Gasteiger partial charge in [0.05, 0.1) is 23.2 Å². The average Bonchev–Trinajstić information content (AvgIpc) is 2.98. The van der Waals surface area contributed by atoms with Crippen molar-refractivity contribution in [2.75, 3.05) is 13.7 Å². The van der Waals surface area contributed by atoms with E-state index < -0.39 is 0 Å². The highest BCUT2D eigenvalue weighted by Crippen LogP contribution is 2.29. The van der Waals surface area contributed by atoms with Crippen molar-refractivity contribution >= 4 is 28.2 Å². The Labute approximate surface area is 154 Å². The molecule has 0 N–H and O–H groups in total. The van der Waals surface area contributed by atoms with Crippen molar-refractivity contribution in [3.05, 3.63) is 63.8 Å². The van der Waals surface area contributed by atoms with Gasteiger partial charge in [0.2, 0.25) is 0 Å². The molecule has 0 fully saturated rings. The first-order chi connectivity index (χ1) is 12.6. The predicted molar refractivity (Wildman–Crippen MR) is 102 cm³/mol. The first-order valence-corrected chi connectivity index (χ1v) is 8.60. The highest BCUT2D eigenvalue weighted by Gasteiger charge is 2.16. The second-order valence-electron chi connectivity index (χ2n) is 6.07. The Morgan fingerprint density at radius 1 is 1.19 bits per heavy atom. The molecule has 0 aliphatic rings. The van der Waals surface area contributed by atoms with Gasteiger partial charge in [-0.3, -0.25) is 4.79 Å². The van der Waals surface area contributed by atoms with Gasteiger partial charge in [-0.1, -0.05) is 23.7 Å². The van der Waals surface area contributed by atoms with Crippen LogP contribution in [0.2, 0.25) is 5.02 Å². The number of aryl methyl sites for hydroxylation is 1. The molecule has 0 amide bonds. The minimum Gasteiger partial charge on any atom is -0.383 e. The predicted octanol–water partition coefficient (Wildman–Crippen LogP) is 3.32. The molecule has 26 heavy (non-hydrogen) atoms. The third-order valence-corrected chi connectivity index (χ3v) is 4.68. The van der Waals surface area contributed by atoms with E-state index >= 15 is 0 Å². The van der Waals surface area contributed by atoms with Gasteiger partial charge < -0.3 is 9.30 Å². The molecule has 7 heteroatoms. The number of rotatable bonds is 4. The third kappa shape index (κ3) is 2.67. The van der Waals surface area contributed by atoms with Crippen molar-refractivity contribution in [1.82, 2.24) is 19.2 Å². The van der Waals surface area contributed by atoms with Crippen LogP contribution in [0.15, 0.2) is 47.5 Å². The topological polar surface area (TPSA) is 61.4 Å². The number of benzene rings is 1. The van der Waals surface area contributed by atoms with E-state index in [-0.39, 0.29) is 5.56 Å². The minimum atomic E-state index is -0.102. The monoisotopic (exact) mass is 368 g/mol. The Balaban J connectivity index is 1.94. The lowest BCUT2D eigenvalue weighted by Gasteiger charge is -2.07. The summed E-state index contributed by atoms with van der Waals surface area (Å²) in [4.78, 5) is 17.2. The highest BCUT2D eigenvalue weighted by molar-refractivity contribution is 6.30. The van der Waals surface area contributed by atoms with Crippen LogP contribution in [-0.4, -0.2) is 32.9 Å². The van der Waals surface area contributed by atoms with E-state index in [1.165, 1.54) is 0 Å². The SMILES string of the molecule is COCCn1ccc2c(cnc3c(-c4ccc(Cl)cc4)c(C)nn32)c1=O. The molecule has 6 nitrogen and oxygen atoms in total. The highest BCUT2D eigenvalue weighted by atomic mass is 35.5. The Bertz CT molecular complexity index is 1160. The van der Waals surface area contributed by atoms with Crippen molar-refractivity contribution in [3.63, 3.8) is 0 Å². The molecule has 0 saturated heterocycles. The minimum absolute atomic E-state index is 0.102. The second-order valence-corrected chi connectivity index (χ2v) is 6.50. The van der Waals surface area contributed by atoms with Gasteiger partial charge in [-0.15, -0.1) is 0 Å². The van der Waals surface area contributed by atoms with Crippen LogP contribution in [0.1, 0.15) is 5.69 Å². The maximum Gasteiger partial charge on any atom is 0.261 e. The molecule has 4 aromatic rings. The van der Waals surface area contributed by atoms with Crippen molar-refractivity contribution in [2.45, 2.75) is 13.5 Å². The molecule has 0 unspecified atom stereocenters. The summed E-state index contributed by atoms with van der Waals surface area (Å²) in [7, 11) is 1.61. The van der Waals surface area contributed by atoms with Gasteiger partial charge in [0.1, 0.15) is 0 Å². The Morgan fingerprint density at radius 2 is 1.96 bits per heavy atom. The van der Waals surface area contributed by atoms with E-state index in [0.29, 0.717) is 29.2 Å².